The van der Waals surface area contributed by atoms with Gasteiger partial charge >= 0.3 is 6.18 Å². The third-order valence-corrected chi connectivity index (χ3v) is 5.74. The van der Waals surface area contributed by atoms with Crippen molar-refractivity contribution in [3.05, 3.63) is 111 Å². The predicted octanol–water partition coefficient (Wildman–Crippen LogP) is 6.98. The first-order valence-corrected chi connectivity index (χ1v) is 11.6. The number of rotatable bonds is 9. The van der Waals surface area contributed by atoms with Gasteiger partial charge in [-0.05, 0) is 36.2 Å². The molecule has 39 heavy (non-hydrogen) atoms. The van der Waals surface area contributed by atoms with Crippen molar-refractivity contribution < 1.29 is 18.1 Å². The van der Waals surface area contributed by atoms with Crippen LogP contribution >= 0.6 is 0 Å². The van der Waals surface area contributed by atoms with E-state index in [9.17, 15) is 28.5 Å². The molecule has 9 nitrogen and oxygen atoms in total. The summed E-state index contributed by atoms with van der Waals surface area (Å²) in [5.41, 5.74) is 5.30. The molecule has 1 aromatic heterocycles. The molecule has 3 aromatic carbocycles. The van der Waals surface area contributed by atoms with Crippen LogP contribution in [-0.2, 0) is 12.7 Å². The minimum absolute atomic E-state index is 0.174. The highest BCUT2D eigenvalue weighted by molar-refractivity contribution is 5.80. The zero-order valence-electron chi connectivity index (χ0n) is 20.5. The van der Waals surface area contributed by atoms with Crippen molar-refractivity contribution in [2.75, 3.05) is 21.5 Å². The first-order chi connectivity index (χ1) is 18.7. The maximum absolute atomic E-state index is 13.7. The fraction of sp³-hybridized carbons (Fsp3) is 0.111. The number of aromatic nitrogens is 1. The minimum Gasteiger partial charge on any atom is -0.364 e. The highest BCUT2D eigenvalue weighted by atomic mass is 19.4. The molecule has 0 fully saturated rings. The van der Waals surface area contributed by atoms with E-state index in [0.717, 1.165) is 17.7 Å². The number of nitro groups is 1. The average molecular weight is 534 g/mol. The van der Waals surface area contributed by atoms with E-state index in [-0.39, 0.29) is 22.9 Å². The number of hydrazine groups is 1. The van der Waals surface area contributed by atoms with Crippen molar-refractivity contribution in [1.82, 2.24) is 4.98 Å². The third-order valence-electron chi connectivity index (χ3n) is 5.74. The first-order valence-electron chi connectivity index (χ1n) is 11.6. The Balaban J connectivity index is 1.73. The van der Waals surface area contributed by atoms with Gasteiger partial charge < -0.3 is 16.1 Å². The number of nitrogens with zero attached hydrogens (tertiary/aromatic N) is 3. The molecule has 4 aromatic rings. The zero-order chi connectivity index (χ0) is 28.0. The highest BCUT2D eigenvalue weighted by Crippen LogP contribution is 2.38. The van der Waals surface area contributed by atoms with Gasteiger partial charge in [-0.15, -0.1) is 0 Å². The van der Waals surface area contributed by atoms with Gasteiger partial charge in [-0.1, -0.05) is 48.5 Å². The SMILES string of the molecule is Cc1c(C#N)c(Nc2ccccc2)nc(NCc2ccccc2)c1NNc1ccc([N+](=O)[O-])cc1C(F)(F)F. The number of nitrogens with one attached hydrogen (secondary N) is 4. The molecule has 1 heterocycles. The number of pyridine rings is 1. The Labute approximate surface area is 221 Å². The molecule has 4 rings (SSSR count). The molecule has 0 spiro atoms. The van der Waals surface area contributed by atoms with E-state index in [1.54, 1.807) is 19.1 Å². The van der Waals surface area contributed by atoms with Gasteiger partial charge in [0.1, 0.15) is 11.8 Å². The number of hydrogen-bond donors (Lipinski definition) is 4. The summed E-state index contributed by atoms with van der Waals surface area (Å²) >= 11 is 0. The summed E-state index contributed by atoms with van der Waals surface area (Å²) in [5, 5.41) is 27.2. The molecule has 4 N–H and O–H groups in total. The Bertz CT molecular complexity index is 1520. The quantitative estimate of drug-likeness (QED) is 0.134. The molecular formula is C27H22F3N7O2. The Kier molecular flexibility index (Phi) is 7.81. The maximum atomic E-state index is 13.7. The Hall–Kier alpha value is -5.31. The van der Waals surface area contributed by atoms with E-state index in [1.165, 1.54) is 0 Å². The van der Waals surface area contributed by atoms with Crippen LogP contribution in [0.3, 0.4) is 0 Å². The fourth-order valence-corrected chi connectivity index (χ4v) is 3.77. The maximum Gasteiger partial charge on any atom is 0.418 e. The molecule has 0 aliphatic rings. The number of alkyl halides is 3. The smallest absolute Gasteiger partial charge is 0.364 e. The van der Waals surface area contributed by atoms with Crippen LogP contribution in [0.4, 0.5) is 47.6 Å². The van der Waals surface area contributed by atoms with Gasteiger partial charge in [0.2, 0.25) is 0 Å². The molecule has 0 saturated carbocycles. The lowest BCUT2D eigenvalue weighted by Crippen LogP contribution is -2.18. The van der Waals surface area contributed by atoms with Crippen molar-refractivity contribution in [3.8, 4) is 6.07 Å². The first kappa shape index (κ1) is 26.7. The number of hydrogen-bond acceptors (Lipinski definition) is 8. The summed E-state index contributed by atoms with van der Waals surface area (Å²) in [6, 6.07) is 23.0. The van der Waals surface area contributed by atoms with E-state index in [2.05, 4.69) is 32.5 Å². The number of nitriles is 1. The Morgan fingerprint density at radius 2 is 1.64 bits per heavy atom. The molecule has 0 aliphatic heterocycles. The number of benzene rings is 3. The van der Waals surface area contributed by atoms with Gasteiger partial charge in [0.15, 0.2) is 11.6 Å². The van der Waals surface area contributed by atoms with Gasteiger partial charge in [0.05, 0.1) is 21.7 Å². The van der Waals surface area contributed by atoms with Crippen molar-refractivity contribution in [3.63, 3.8) is 0 Å². The van der Waals surface area contributed by atoms with Crippen LogP contribution < -0.4 is 21.5 Å². The van der Waals surface area contributed by atoms with E-state index >= 15 is 0 Å². The molecule has 0 bridgehead atoms. The van der Waals surface area contributed by atoms with E-state index in [1.807, 2.05) is 48.5 Å². The van der Waals surface area contributed by atoms with Crippen LogP contribution in [0.2, 0.25) is 0 Å². The summed E-state index contributed by atoms with van der Waals surface area (Å²) in [4.78, 5) is 14.7. The van der Waals surface area contributed by atoms with Gasteiger partial charge in [0, 0.05) is 24.4 Å². The van der Waals surface area contributed by atoms with E-state index < -0.39 is 28.0 Å². The van der Waals surface area contributed by atoms with Crippen LogP contribution in [-0.4, -0.2) is 9.91 Å². The summed E-state index contributed by atoms with van der Waals surface area (Å²) in [7, 11) is 0. The molecule has 0 radical (unpaired) electrons. The Morgan fingerprint density at radius 1 is 0.974 bits per heavy atom. The molecule has 0 amide bonds. The fourth-order valence-electron chi connectivity index (χ4n) is 3.77. The second-order valence-electron chi connectivity index (χ2n) is 8.36. The zero-order valence-corrected chi connectivity index (χ0v) is 20.5. The van der Waals surface area contributed by atoms with Crippen molar-refractivity contribution in [2.45, 2.75) is 19.6 Å². The lowest BCUT2D eigenvalue weighted by Gasteiger charge is -2.21. The van der Waals surface area contributed by atoms with Crippen LogP contribution in [0, 0.1) is 28.4 Å². The number of non-ortho nitro benzene ring substituents is 1. The van der Waals surface area contributed by atoms with Crippen molar-refractivity contribution >= 4 is 34.4 Å². The molecule has 198 valence electrons. The van der Waals surface area contributed by atoms with Gasteiger partial charge in [-0.2, -0.15) is 18.4 Å². The number of nitro benzene ring substituents is 1. The summed E-state index contributed by atoms with van der Waals surface area (Å²) in [5.74, 6) is 0.519. The number of halogens is 3. The number of para-hydroxylation sites is 1. The average Bonchev–Trinajstić information content (AvgIpc) is 2.92. The minimum atomic E-state index is -4.86. The second-order valence-corrected chi connectivity index (χ2v) is 8.36. The molecule has 0 saturated heterocycles. The number of anilines is 5. The standard InChI is InChI=1S/C27H22F3N7O2/c1-17-21(15-31)25(33-19-10-6-3-7-11-19)34-26(32-16-18-8-4-2-5-9-18)24(17)36-35-23-13-12-20(37(38)39)14-22(23)27(28,29)30/h2-14,35-36H,16H2,1H3,(H2,32,33,34). The molecule has 0 atom stereocenters. The molecule has 12 heteroatoms. The molecular weight excluding hydrogens is 511 g/mol. The Morgan fingerprint density at radius 3 is 2.26 bits per heavy atom. The lowest BCUT2D eigenvalue weighted by atomic mass is 10.1. The molecule has 0 aliphatic carbocycles. The second kappa shape index (κ2) is 11.4. The normalized spacial score (nSPS) is 10.8. The van der Waals surface area contributed by atoms with E-state index in [0.29, 0.717) is 23.9 Å². The van der Waals surface area contributed by atoms with Crippen LogP contribution in [0.25, 0.3) is 0 Å². The van der Waals surface area contributed by atoms with Crippen molar-refractivity contribution in [1.29, 1.82) is 5.26 Å². The highest BCUT2D eigenvalue weighted by Gasteiger charge is 2.35. The van der Waals surface area contributed by atoms with E-state index in [4.69, 9.17) is 0 Å². The summed E-state index contributed by atoms with van der Waals surface area (Å²) < 4.78 is 41.1. The van der Waals surface area contributed by atoms with Gasteiger partial charge in [-0.25, -0.2) is 4.98 Å². The van der Waals surface area contributed by atoms with Crippen molar-refractivity contribution in [2.24, 2.45) is 0 Å². The lowest BCUT2D eigenvalue weighted by molar-refractivity contribution is -0.385. The molecule has 0 unspecified atom stereocenters. The topological polar surface area (TPSA) is 128 Å². The van der Waals surface area contributed by atoms with Crippen LogP contribution in [0.1, 0.15) is 22.3 Å². The summed E-state index contributed by atoms with van der Waals surface area (Å²) in [6.07, 6.45) is -4.86. The van der Waals surface area contributed by atoms with Crippen LogP contribution in [0.15, 0.2) is 78.9 Å². The summed E-state index contributed by atoms with van der Waals surface area (Å²) in [6.45, 7) is 1.97. The largest absolute Gasteiger partial charge is 0.418 e. The van der Waals surface area contributed by atoms with Gasteiger partial charge in [0.25, 0.3) is 5.69 Å². The van der Waals surface area contributed by atoms with Gasteiger partial charge in [-0.3, -0.25) is 15.5 Å². The monoisotopic (exact) mass is 533 g/mol. The van der Waals surface area contributed by atoms with Crippen LogP contribution in [0.5, 0.6) is 0 Å². The third kappa shape index (κ3) is 6.34. The predicted molar refractivity (Wildman–Crippen MR) is 143 cm³/mol.